The Labute approximate surface area is 126 Å². The van der Waals surface area contributed by atoms with Crippen molar-refractivity contribution in [2.45, 2.75) is 12.5 Å². The minimum atomic E-state index is -2.05. The summed E-state index contributed by atoms with van der Waals surface area (Å²) in [7, 11) is 1.44. The Morgan fingerprint density at radius 3 is 2.68 bits per heavy atom. The molecule has 0 spiro atoms. The number of aliphatic carboxylic acids is 1. The van der Waals surface area contributed by atoms with E-state index in [9.17, 15) is 14.7 Å². The molecule has 0 saturated carbocycles. The Kier molecular flexibility index (Phi) is 4.41. The summed E-state index contributed by atoms with van der Waals surface area (Å²) in [4.78, 5) is 22.9. The second kappa shape index (κ2) is 6.10. The van der Waals surface area contributed by atoms with Crippen molar-refractivity contribution in [2.75, 3.05) is 26.9 Å². The molecular weight excluding hydrogens is 294 g/mol. The van der Waals surface area contributed by atoms with Crippen LogP contribution in [0, 0.1) is 0 Å². The van der Waals surface area contributed by atoms with Crippen LogP contribution in [0.15, 0.2) is 12.1 Å². The molecule has 1 heterocycles. The molecule has 0 bridgehead atoms. The molecule has 8 heteroatoms. The number of ether oxygens (including phenoxy) is 3. The number of fused-ring (bicyclic) bond motifs is 1. The van der Waals surface area contributed by atoms with Gasteiger partial charge in [0.15, 0.2) is 17.1 Å². The van der Waals surface area contributed by atoms with Gasteiger partial charge in [0, 0.05) is 5.56 Å². The molecule has 1 aliphatic heterocycles. The second-order valence-corrected chi connectivity index (χ2v) is 4.96. The zero-order chi connectivity index (χ0) is 16.3. The van der Waals surface area contributed by atoms with Gasteiger partial charge in [0.25, 0.3) is 5.91 Å². The van der Waals surface area contributed by atoms with E-state index >= 15 is 0 Å². The number of nitrogens with one attached hydrogen (secondary N) is 1. The van der Waals surface area contributed by atoms with E-state index in [0.29, 0.717) is 30.5 Å². The van der Waals surface area contributed by atoms with Gasteiger partial charge in [-0.25, -0.2) is 4.79 Å². The highest BCUT2D eigenvalue weighted by molar-refractivity contribution is 5.96. The third kappa shape index (κ3) is 3.22. The number of methoxy groups -OCH3 is 1. The van der Waals surface area contributed by atoms with Crippen LogP contribution in [-0.4, -0.2) is 54.6 Å². The standard InChI is InChI=1S/C14H17NO7/c1-14(19,13(17)18)7-15-12(16)8-5-9(20-2)11-10(6-8)21-3-4-22-11/h5-6,19H,3-4,7H2,1-2H3,(H,15,16)(H,17,18). The summed E-state index contributed by atoms with van der Waals surface area (Å²) in [5.74, 6) is -0.847. The monoisotopic (exact) mass is 311 g/mol. The average molecular weight is 311 g/mol. The number of amides is 1. The Bertz CT molecular complexity index is 580. The lowest BCUT2D eigenvalue weighted by atomic mass is 10.1. The van der Waals surface area contributed by atoms with E-state index in [1.54, 1.807) is 0 Å². The van der Waals surface area contributed by atoms with Crippen LogP contribution in [0.3, 0.4) is 0 Å². The fourth-order valence-electron chi connectivity index (χ4n) is 1.83. The molecule has 1 aromatic rings. The molecule has 3 N–H and O–H groups in total. The van der Waals surface area contributed by atoms with Gasteiger partial charge >= 0.3 is 5.97 Å². The van der Waals surface area contributed by atoms with Crippen LogP contribution < -0.4 is 19.5 Å². The molecule has 0 fully saturated rings. The number of carbonyl (C=O) groups is 2. The molecule has 1 aromatic carbocycles. The predicted molar refractivity (Wildman–Crippen MR) is 74.6 cm³/mol. The number of aliphatic hydroxyl groups is 1. The lowest BCUT2D eigenvalue weighted by molar-refractivity contribution is -0.155. The minimum Gasteiger partial charge on any atom is -0.493 e. The summed E-state index contributed by atoms with van der Waals surface area (Å²) >= 11 is 0. The molecule has 1 atom stereocenters. The van der Waals surface area contributed by atoms with E-state index in [1.165, 1.54) is 19.2 Å². The molecule has 0 saturated heterocycles. The highest BCUT2D eigenvalue weighted by Crippen LogP contribution is 2.40. The lowest BCUT2D eigenvalue weighted by Gasteiger charge is -2.22. The molecule has 120 valence electrons. The van der Waals surface area contributed by atoms with Crippen molar-refractivity contribution in [1.29, 1.82) is 0 Å². The van der Waals surface area contributed by atoms with Gasteiger partial charge in [0.2, 0.25) is 5.75 Å². The van der Waals surface area contributed by atoms with Gasteiger partial charge in [-0.15, -0.1) is 0 Å². The predicted octanol–water partition coefficient (Wildman–Crippen LogP) is 0.0318. The number of carboxylic acid groups (broad SMARTS) is 1. The second-order valence-electron chi connectivity index (χ2n) is 4.96. The van der Waals surface area contributed by atoms with E-state index in [2.05, 4.69) is 5.32 Å². The van der Waals surface area contributed by atoms with Crippen LogP contribution in [0.25, 0.3) is 0 Å². The van der Waals surface area contributed by atoms with Crippen molar-refractivity contribution >= 4 is 11.9 Å². The highest BCUT2D eigenvalue weighted by atomic mass is 16.6. The van der Waals surface area contributed by atoms with Crippen molar-refractivity contribution in [3.05, 3.63) is 17.7 Å². The third-order valence-electron chi connectivity index (χ3n) is 3.14. The molecule has 1 unspecified atom stereocenters. The van der Waals surface area contributed by atoms with E-state index in [1.807, 2.05) is 0 Å². The number of carbonyl (C=O) groups excluding carboxylic acids is 1. The molecule has 0 aromatic heterocycles. The molecule has 2 rings (SSSR count). The maximum absolute atomic E-state index is 12.1. The average Bonchev–Trinajstić information content (AvgIpc) is 2.51. The fraction of sp³-hybridized carbons (Fsp3) is 0.429. The van der Waals surface area contributed by atoms with Crippen molar-refractivity contribution in [3.63, 3.8) is 0 Å². The maximum atomic E-state index is 12.1. The van der Waals surface area contributed by atoms with Crippen molar-refractivity contribution in [3.8, 4) is 17.2 Å². The molecule has 8 nitrogen and oxygen atoms in total. The number of hydrogen-bond acceptors (Lipinski definition) is 6. The Hall–Kier alpha value is -2.48. The first kappa shape index (κ1) is 15.9. The molecule has 0 radical (unpaired) electrons. The summed E-state index contributed by atoms with van der Waals surface area (Å²) in [5.41, 5.74) is -1.84. The summed E-state index contributed by atoms with van der Waals surface area (Å²) < 4.78 is 16.0. The van der Waals surface area contributed by atoms with E-state index in [-0.39, 0.29) is 5.56 Å². The summed E-state index contributed by atoms with van der Waals surface area (Å²) in [6.45, 7) is 1.41. The zero-order valence-electron chi connectivity index (χ0n) is 12.2. The Balaban J connectivity index is 2.18. The first-order chi connectivity index (χ1) is 10.3. The van der Waals surface area contributed by atoms with E-state index in [4.69, 9.17) is 19.3 Å². The van der Waals surface area contributed by atoms with E-state index in [0.717, 1.165) is 6.92 Å². The number of carboxylic acids is 1. The first-order valence-electron chi connectivity index (χ1n) is 6.57. The molecule has 1 amide bonds. The smallest absolute Gasteiger partial charge is 0.337 e. The van der Waals surface area contributed by atoms with Gasteiger partial charge in [-0.3, -0.25) is 4.79 Å². The minimum absolute atomic E-state index is 0.210. The van der Waals surface area contributed by atoms with Gasteiger partial charge in [-0.05, 0) is 19.1 Å². The largest absolute Gasteiger partial charge is 0.493 e. The topological polar surface area (TPSA) is 114 Å². The summed E-state index contributed by atoms with van der Waals surface area (Å²) in [6, 6.07) is 2.93. The van der Waals surface area contributed by atoms with Gasteiger partial charge in [-0.2, -0.15) is 0 Å². The van der Waals surface area contributed by atoms with Crippen LogP contribution in [0.1, 0.15) is 17.3 Å². The third-order valence-corrected chi connectivity index (χ3v) is 3.14. The highest BCUT2D eigenvalue weighted by Gasteiger charge is 2.30. The molecule has 0 aliphatic carbocycles. The molecular formula is C14H17NO7. The fourth-order valence-corrected chi connectivity index (χ4v) is 1.83. The Morgan fingerprint density at radius 2 is 2.05 bits per heavy atom. The number of benzene rings is 1. The van der Waals surface area contributed by atoms with Gasteiger partial charge in [0.05, 0.1) is 13.7 Å². The molecule has 1 aliphatic rings. The first-order valence-corrected chi connectivity index (χ1v) is 6.57. The van der Waals surface area contributed by atoms with Gasteiger partial charge in [-0.1, -0.05) is 0 Å². The SMILES string of the molecule is COc1cc(C(=O)NCC(C)(O)C(=O)O)cc2c1OCCO2. The number of hydrogen-bond donors (Lipinski definition) is 3. The Morgan fingerprint density at radius 1 is 1.36 bits per heavy atom. The quantitative estimate of drug-likeness (QED) is 0.703. The van der Waals surface area contributed by atoms with Crippen molar-refractivity contribution in [1.82, 2.24) is 5.32 Å². The van der Waals surface area contributed by atoms with Crippen molar-refractivity contribution < 1.29 is 34.0 Å². The maximum Gasteiger partial charge on any atom is 0.337 e. The van der Waals surface area contributed by atoms with Gasteiger partial charge < -0.3 is 29.7 Å². The van der Waals surface area contributed by atoms with Crippen LogP contribution >= 0.6 is 0 Å². The van der Waals surface area contributed by atoms with Crippen LogP contribution in [0.5, 0.6) is 17.2 Å². The van der Waals surface area contributed by atoms with Crippen LogP contribution in [0.2, 0.25) is 0 Å². The van der Waals surface area contributed by atoms with E-state index < -0.39 is 24.0 Å². The normalized spacial score (nSPS) is 15.6. The zero-order valence-corrected chi connectivity index (χ0v) is 12.2. The summed E-state index contributed by atoms with van der Waals surface area (Å²) in [5, 5.41) is 20.8. The molecule has 22 heavy (non-hydrogen) atoms. The van der Waals surface area contributed by atoms with Crippen LogP contribution in [0.4, 0.5) is 0 Å². The lowest BCUT2D eigenvalue weighted by Crippen LogP contribution is -2.46. The number of rotatable bonds is 5. The van der Waals surface area contributed by atoms with Crippen LogP contribution in [-0.2, 0) is 4.79 Å². The summed E-state index contributed by atoms with van der Waals surface area (Å²) in [6.07, 6.45) is 0. The van der Waals surface area contributed by atoms with Crippen molar-refractivity contribution in [2.24, 2.45) is 0 Å². The van der Waals surface area contributed by atoms with Gasteiger partial charge in [0.1, 0.15) is 13.2 Å².